The van der Waals surface area contributed by atoms with Crippen molar-refractivity contribution in [3.63, 3.8) is 0 Å². The van der Waals surface area contributed by atoms with Gasteiger partial charge in [0.15, 0.2) is 0 Å². The van der Waals surface area contributed by atoms with Crippen LogP contribution in [0.15, 0.2) is 12.3 Å². The third kappa shape index (κ3) is 2.99. The van der Waals surface area contributed by atoms with E-state index in [-0.39, 0.29) is 16.4 Å². The van der Waals surface area contributed by atoms with Gasteiger partial charge in [0.2, 0.25) is 0 Å². The first-order valence-corrected chi connectivity index (χ1v) is 6.14. The van der Waals surface area contributed by atoms with Crippen molar-refractivity contribution in [1.29, 1.82) is 0 Å². The molecule has 1 saturated heterocycles. The summed E-state index contributed by atoms with van der Waals surface area (Å²) in [6.45, 7) is 0.804. The zero-order chi connectivity index (χ0) is 14.0. The molecule has 1 amide bonds. The van der Waals surface area contributed by atoms with E-state index in [4.69, 9.17) is 11.6 Å². The number of hydrogen-bond donors (Lipinski definition) is 1. The van der Waals surface area contributed by atoms with Gasteiger partial charge < -0.3 is 10.0 Å². The quantitative estimate of drug-likeness (QED) is 0.501. The van der Waals surface area contributed by atoms with E-state index in [0.717, 1.165) is 12.3 Å². The van der Waals surface area contributed by atoms with Crippen molar-refractivity contribution in [2.75, 3.05) is 13.1 Å². The van der Waals surface area contributed by atoms with Gasteiger partial charge in [0.1, 0.15) is 11.3 Å². The number of halogens is 1. The number of amides is 1. The van der Waals surface area contributed by atoms with Crippen molar-refractivity contribution in [3.05, 3.63) is 33.1 Å². The molecule has 0 aromatic carbocycles. The van der Waals surface area contributed by atoms with Crippen molar-refractivity contribution in [2.24, 2.45) is 0 Å². The summed E-state index contributed by atoms with van der Waals surface area (Å²) in [6, 6.07) is 1.13. The average Bonchev–Trinajstić information content (AvgIpc) is 2.39. The number of nitro groups is 1. The molecule has 2 heterocycles. The maximum absolute atomic E-state index is 12.2. The van der Waals surface area contributed by atoms with E-state index in [1.807, 2.05) is 0 Å². The number of likely N-dealkylation sites (tertiary alicyclic amines) is 1. The Bertz CT molecular complexity index is 515. The van der Waals surface area contributed by atoms with Crippen LogP contribution in [0.5, 0.6) is 0 Å². The molecule has 1 aliphatic heterocycles. The molecule has 0 unspecified atom stereocenters. The highest BCUT2D eigenvalue weighted by Crippen LogP contribution is 2.22. The molecule has 7 nitrogen and oxygen atoms in total. The lowest BCUT2D eigenvalue weighted by Crippen LogP contribution is -2.40. The standard InChI is InChI=1S/C11H12ClN3O4/c12-10-9(5-7(6-13-10)15(18)19)11(17)14-3-1-8(16)2-4-14/h5-6,8,16H,1-4H2. The van der Waals surface area contributed by atoms with Gasteiger partial charge in [0.05, 0.1) is 16.6 Å². The molecule has 0 aliphatic carbocycles. The van der Waals surface area contributed by atoms with Crippen molar-refractivity contribution < 1.29 is 14.8 Å². The molecule has 0 atom stereocenters. The number of piperidine rings is 1. The van der Waals surface area contributed by atoms with Gasteiger partial charge in [-0.25, -0.2) is 4.98 Å². The molecule has 1 fully saturated rings. The number of carbonyl (C=O) groups is 1. The summed E-state index contributed by atoms with van der Waals surface area (Å²) in [5, 5.41) is 20.0. The summed E-state index contributed by atoms with van der Waals surface area (Å²) in [5.41, 5.74) is -0.253. The lowest BCUT2D eigenvalue weighted by Gasteiger charge is -2.29. The van der Waals surface area contributed by atoms with E-state index >= 15 is 0 Å². The van der Waals surface area contributed by atoms with Crippen LogP contribution in [0.1, 0.15) is 23.2 Å². The monoisotopic (exact) mass is 285 g/mol. The van der Waals surface area contributed by atoms with E-state index < -0.39 is 16.9 Å². The molecule has 0 bridgehead atoms. The molecule has 1 N–H and O–H groups in total. The number of rotatable bonds is 2. The van der Waals surface area contributed by atoms with Crippen LogP contribution in [-0.4, -0.2) is 45.0 Å². The smallest absolute Gasteiger partial charge is 0.288 e. The zero-order valence-electron chi connectivity index (χ0n) is 9.95. The van der Waals surface area contributed by atoms with Gasteiger partial charge >= 0.3 is 0 Å². The second kappa shape index (κ2) is 5.50. The first-order chi connectivity index (χ1) is 8.99. The summed E-state index contributed by atoms with van der Waals surface area (Å²) < 4.78 is 0. The number of aliphatic hydroxyl groups excluding tert-OH is 1. The highest BCUT2D eigenvalue weighted by Gasteiger charge is 2.25. The van der Waals surface area contributed by atoms with Crippen LogP contribution in [0, 0.1) is 10.1 Å². The molecule has 8 heteroatoms. The predicted octanol–water partition coefficient (Wildman–Crippen LogP) is 1.24. The molecule has 0 saturated carbocycles. The SMILES string of the molecule is O=C(c1cc([N+](=O)[O-])cnc1Cl)N1CCC(O)CC1. The molecule has 0 spiro atoms. The fourth-order valence-electron chi connectivity index (χ4n) is 1.93. The van der Waals surface area contributed by atoms with Gasteiger partial charge in [-0.05, 0) is 12.8 Å². The first kappa shape index (κ1) is 13.7. The largest absolute Gasteiger partial charge is 0.393 e. The number of carbonyl (C=O) groups excluding carboxylic acids is 1. The number of hydrogen-bond acceptors (Lipinski definition) is 5. The van der Waals surface area contributed by atoms with Crippen LogP contribution < -0.4 is 0 Å². The van der Waals surface area contributed by atoms with Crippen LogP contribution in [0.3, 0.4) is 0 Å². The van der Waals surface area contributed by atoms with E-state index in [9.17, 15) is 20.0 Å². The van der Waals surface area contributed by atoms with Gasteiger partial charge in [-0.1, -0.05) is 11.6 Å². The predicted molar refractivity (Wildman–Crippen MR) is 67.0 cm³/mol. The molecule has 102 valence electrons. The van der Waals surface area contributed by atoms with E-state index in [2.05, 4.69) is 4.98 Å². The Morgan fingerprint density at radius 3 is 2.74 bits per heavy atom. The summed E-state index contributed by atoms with van der Waals surface area (Å²) in [7, 11) is 0. The average molecular weight is 286 g/mol. The van der Waals surface area contributed by atoms with Crippen molar-refractivity contribution in [2.45, 2.75) is 18.9 Å². The topological polar surface area (TPSA) is 96.6 Å². The molecular formula is C11H12ClN3O4. The molecular weight excluding hydrogens is 274 g/mol. The van der Waals surface area contributed by atoms with Gasteiger partial charge in [-0.3, -0.25) is 14.9 Å². The maximum atomic E-state index is 12.2. The first-order valence-electron chi connectivity index (χ1n) is 5.76. The van der Waals surface area contributed by atoms with Gasteiger partial charge in [0.25, 0.3) is 11.6 Å². The minimum absolute atomic E-state index is 0.0206. The van der Waals surface area contributed by atoms with Crippen LogP contribution in [0.25, 0.3) is 0 Å². The fraction of sp³-hybridized carbons (Fsp3) is 0.455. The van der Waals surface area contributed by atoms with Crippen molar-refractivity contribution in [3.8, 4) is 0 Å². The Hall–Kier alpha value is -1.73. The Labute approximate surface area is 114 Å². The number of nitrogens with zero attached hydrogens (tertiary/aromatic N) is 3. The summed E-state index contributed by atoms with van der Waals surface area (Å²) in [5.74, 6) is -0.395. The second-order valence-electron chi connectivity index (χ2n) is 4.31. The van der Waals surface area contributed by atoms with Crippen LogP contribution in [0.2, 0.25) is 5.15 Å². The van der Waals surface area contributed by atoms with Crippen LogP contribution in [0.4, 0.5) is 5.69 Å². The number of aliphatic hydroxyl groups is 1. The van der Waals surface area contributed by atoms with Gasteiger partial charge in [0, 0.05) is 19.2 Å². The number of pyridine rings is 1. The summed E-state index contributed by atoms with van der Waals surface area (Å²) in [4.78, 5) is 27.4. The Morgan fingerprint density at radius 2 is 2.16 bits per heavy atom. The normalized spacial score (nSPS) is 16.4. The molecule has 2 rings (SSSR count). The van der Waals surface area contributed by atoms with Gasteiger partial charge in [-0.15, -0.1) is 0 Å². The minimum Gasteiger partial charge on any atom is -0.393 e. The fourth-order valence-corrected chi connectivity index (χ4v) is 2.11. The van der Waals surface area contributed by atoms with Crippen LogP contribution >= 0.6 is 11.6 Å². The van der Waals surface area contributed by atoms with Crippen molar-refractivity contribution >= 4 is 23.2 Å². The second-order valence-corrected chi connectivity index (χ2v) is 4.67. The van der Waals surface area contributed by atoms with E-state index in [1.54, 1.807) is 0 Å². The van der Waals surface area contributed by atoms with Crippen LogP contribution in [-0.2, 0) is 0 Å². The molecule has 1 aromatic rings. The van der Waals surface area contributed by atoms with Crippen molar-refractivity contribution in [1.82, 2.24) is 9.88 Å². The summed E-state index contributed by atoms with van der Waals surface area (Å²) in [6.07, 6.45) is 1.60. The summed E-state index contributed by atoms with van der Waals surface area (Å²) >= 11 is 5.81. The Morgan fingerprint density at radius 1 is 1.53 bits per heavy atom. The lowest BCUT2D eigenvalue weighted by atomic mass is 10.1. The molecule has 1 aromatic heterocycles. The molecule has 19 heavy (non-hydrogen) atoms. The maximum Gasteiger partial charge on any atom is 0.288 e. The number of aromatic nitrogens is 1. The van der Waals surface area contributed by atoms with E-state index in [1.165, 1.54) is 4.90 Å². The highest BCUT2D eigenvalue weighted by molar-refractivity contribution is 6.32. The zero-order valence-corrected chi connectivity index (χ0v) is 10.7. The Balaban J connectivity index is 2.23. The highest BCUT2D eigenvalue weighted by atomic mass is 35.5. The minimum atomic E-state index is -0.625. The van der Waals surface area contributed by atoms with Gasteiger partial charge in [-0.2, -0.15) is 0 Å². The molecule has 0 radical (unpaired) electrons. The molecule has 1 aliphatic rings. The van der Waals surface area contributed by atoms with E-state index in [0.29, 0.717) is 25.9 Å². The Kier molecular flexibility index (Phi) is 3.96. The third-order valence-corrected chi connectivity index (χ3v) is 3.32. The third-order valence-electron chi connectivity index (χ3n) is 3.02. The lowest BCUT2D eigenvalue weighted by molar-refractivity contribution is -0.385.